The third-order valence-corrected chi connectivity index (χ3v) is 8.38. The van der Waals surface area contributed by atoms with E-state index in [1.54, 1.807) is 30.3 Å². The largest absolute Gasteiger partial charge is 0.341 e. The van der Waals surface area contributed by atoms with Crippen molar-refractivity contribution in [2.24, 2.45) is 15.4 Å². The quantitative estimate of drug-likeness (QED) is 0.297. The highest BCUT2D eigenvalue weighted by Gasteiger charge is 2.36. The Bertz CT molecular complexity index is 1490. The summed E-state index contributed by atoms with van der Waals surface area (Å²) in [6.45, 7) is 0.859. The number of nitrogens with one attached hydrogen (secondary N) is 1. The van der Waals surface area contributed by atoms with Crippen LogP contribution in [0.15, 0.2) is 81.1 Å². The molecule has 0 radical (unpaired) electrons. The van der Waals surface area contributed by atoms with Gasteiger partial charge in [-0.15, -0.1) is 4.40 Å². The summed E-state index contributed by atoms with van der Waals surface area (Å²) in [5, 5.41) is 14.7. The number of nitro groups is 1. The van der Waals surface area contributed by atoms with Crippen LogP contribution in [0.25, 0.3) is 0 Å². The molecule has 1 fully saturated rings. The molecule has 5 rings (SSSR count). The Morgan fingerprint density at radius 3 is 2.49 bits per heavy atom. The van der Waals surface area contributed by atoms with Crippen molar-refractivity contribution in [3.05, 3.63) is 81.7 Å². The molecular weight excluding hydrogens is 516 g/mol. The molecule has 1 aromatic heterocycles. The number of anilines is 2. The van der Waals surface area contributed by atoms with Gasteiger partial charge in [-0.25, -0.2) is 5.43 Å². The molecule has 0 bridgehead atoms. The first-order valence-electron chi connectivity index (χ1n) is 11.4. The van der Waals surface area contributed by atoms with Crippen molar-refractivity contribution in [1.82, 2.24) is 10.3 Å². The average molecular weight is 539 g/mol. The molecule has 0 aliphatic carbocycles. The lowest BCUT2D eigenvalue weighted by atomic mass is 9.96. The third kappa shape index (κ3) is 5.08. The Labute approximate surface area is 216 Å². The van der Waals surface area contributed by atoms with Crippen molar-refractivity contribution >= 4 is 55.8 Å². The number of likely N-dealkylation sites (tertiary alicyclic amines) is 1. The number of para-hydroxylation sites is 2. The number of sulfonamides is 1. The number of carbonyl (C=O) groups is 1. The van der Waals surface area contributed by atoms with E-state index in [2.05, 4.69) is 14.9 Å². The minimum atomic E-state index is -3.89. The van der Waals surface area contributed by atoms with E-state index in [0.29, 0.717) is 42.5 Å². The summed E-state index contributed by atoms with van der Waals surface area (Å²) in [6.07, 6.45) is 2.34. The van der Waals surface area contributed by atoms with Gasteiger partial charge in [0.25, 0.3) is 10.0 Å². The number of amides is 1. The van der Waals surface area contributed by atoms with Gasteiger partial charge in [0, 0.05) is 30.8 Å². The Kier molecular flexibility index (Phi) is 6.72. The number of thiophene rings is 1. The Balaban J connectivity index is 1.29. The van der Waals surface area contributed by atoms with Crippen LogP contribution in [-0.2, 0) is 14.8 Å². The normalized spacial score (nSPS) is 17.4. The molecule has 3 heterocycles. The number of benzene rings is 2. The number of carbonyl (C=O) groups excluding carboxylic acids is 1. The van der Waals surface area contributed by atoms with Crippen LogP contribution in [0.1, 0.15) is 17.7 Å². The van der Waals surface area contributed by atoms with Gasteiger partial charge in [-0.3, -0.25) is 19.8 Å². The second-order valence-corrected chi connectivity index (χ2v) is 11.1. The van der Waals surface area contributed by atoms with Gasteiger partial charge in [-0.05, 0) is 43.2 Å². The van der Waals surface area contributed by atoms with E-state index in [-0.39, 0.29) is 21.7 Å². The summed E-state index contributed by atoms with van der Waals surface area (Å²) in [6, 6.07) is 19.1. The summed E-state index contributed by atoms with van der Waals surface area (Å²) in [7, 11) is -3.89. The van der Waals surface area contributed by atoms with Crippen LogP contribution < -0.4 is 10.3 Å². The second kappa shape index (κ2) is 10.1. The lowest BCUT2D eigenvalue weighted by molar-refractivity contribution is -0.380. The van der Waals surface area contributed by atoms with Gasteiger partial charge in [0.1, 0.15) is 4.90 Å². The molecule has 2 aliphatic rings. The molecular formula is C24H22N6O5S2. The van der Waals surface area contributed by atoms with Gasteiger partial charge >= 0.3 is 5.00 Å². The maximum absolute atomic E-state index is 13.0. The maximum atomic E-state index is 13.0. The zero-order valence-electron chi connectivity index (χ0n) is 19.4. The minimum Gasteiger partial charge on any atom is -0.341 e. The van der Waals surface area contributed by atoms with Crippen molar-refractivity contribution in [1.29, 1.82) is 0 Å². The molecule has 2 aromatic carbocycles. The molecule has 190 valence electrons. The van der Waals surface area contributed by atoms with E-state index in [4.69, 9.17) is 0 Å². The summed E-state index contributed by atoms with van der Waals surface area (Å²) in [5.74, 6) is -0.268. The van der Waals surface area contributed by atoms with Gasteiger partial charge in [0.05, 0.1) is 21.7 Å². The highest BCUT2D eigenvalue weighted by molar-refractivity contribution is 7.90. The van der Waals surface area contributed by atoms with E-state index in [0.717, 1.165) is 17.0 Å². The number of piperidine rings is 1. The topological polar surface area (TPSA) is 138 Å². The van der Waals surface area contributed by atoms with Crippen LogP contribution in [-0.4, -0.2) is 49.4 Å². The highest BCUT2D eigenvalue weighted by atomic mass is 32.2. The van der Waals surface area contributed by atoms with Crippen LogP contribution in [0.4, 0.5) is 16.4 Å². The average Bonchev–Trinajstić information content (AvgIpc) is 3.38. The van der Waals surface area contributed by atoms with E-state index < -0.39 is 14.9 Å². The van der Waals surface area contributed by atoms with Gasteiger partial charge in [0.15, 0.2) is 0 Å². The van der Waals surface area contributed by atoms with E-state index >= 15 is 0 Å². The first kappa shape index (κ1) is 24.6. The van der Waals surface area contributed by atoms with Crippen LogP contribution in [0.5, 0.6) is 0 Å². The maximum Gasteiger partial charge on any atom is 0.324 e. The van der Waals surface area contributed by atoms with Gasteiger partial charge in [-0.1, -0.05) is 41.7 Å². The summed E-state index contributed by atoms with van der Waals surface area (Å²) < 4.78 is 30.2. The fourth-order valence-corrected chi connectivity index (χ4v) is 6.18. The summed E-state index contributed by atoms with van der Waals surface area (Å²) in [4.78, 5) is 27.4. The van der Waals surface area contributed by atoms with Crippen molar-refractivity contribution in [2.75, 3.05) is 18.0 Å². The van der Waals surface area contributed by atoms with Crippen LogP contribution in [0, 0.1) is 16.0 Å². The number of nitrogens with zero attached hydrogens (tertiary/aromatic N) is 5. The first-order chi connectivity index (χ1) is 17.8. The molecule has 1 N–H and O–H groups in total. The molecule has 11 nitrogen and oxygen atoms in total. The van der Waals surface area contributed by atoms with E-state index in [1.165, 1.54) is 12.3 Å². The minimum absolute atomic E-state index is 0.0000374. The molecule has 2 aliphatic heterocycles. The van der Waals surface area contributed by atoms with Crippen LogP contribution >= 0.6 is 11.3 Å². The van der Waals surface area contributed by atoms with Crippen LogP contribution in [0.3, 0.4) is 0 Å². The fraction of sp³-hybridized carbons (Fsp3) is 0.208. The zero-order valence-corrected chi connectivity index (χ0v) is 21.1. The van der Waals surface area contributed by atoms with Crippen LogP contribution in [0.2, 0.25) is 0 Å². The fourth-order valence-electron chi connectivity index (χ4n) is 4.30. The van der Waals surface area contributed by atoms with Crippen molar-refractivity contribution in [3.63, 3.8) is 0 Å². The molecule has 1 amide bonds. The molecule has 1 saturated heterocycles. The van der Waals surface area contributed by atoms with Gasteiger partial charge in [0.2, 0.25) is 11.9 Å². The zero-order chi connectivity index (χ0) is 26.0. The predicted molar refractivity (Wildman–Crippen MR) is 141 cm³/mol. The first-order valence-corrected chi connectivity index (χ1v) is 13.7. The molecule has 0 spiro atoms. The predicted octanol–water partition coefficient (Wildman–Crippen LogP) is 3.72. The lowest BCUT2D eigenvalue weighted by Crippen LogP contribution is -2.49. The Morgan fingerprint density at radius 1 is 1.08 bits per heavy atom. The number of hydrogen-bond acceptors (Lipinski definition) is 9. The van der Waals surface area contributed by atoms with Crippen molar-refractivity contribution in [2.45, 2.75) is 17.7 Å². The van der Waals surface area contributed by atoms with Gasteiger partial charge < -0.3 is 4.90 Å². The number of fused-ring (bicyclic) bond motifs is 1. The molecule has 13 heteroatoms. The molecule has 0 atom stereocenters. The molecule has 0 unspecified atom stereocenters. The Morgan fingerprint density at radius 2 is 1.78 bits per heavy atom. The summed E-state index contributed by atoms with van der Waals surface area (Å²) in [5.41, 5.74) is 3.82. The number of rotatable bonds is 5. The second-order valence-electron chi connectivity index (χ2n) is 8.43. The lowest BCUT2D eigenvalue weighted by Gasteiger charge is -2.40. The number of hydrogen-bond donors (Lipinski definition) is 1. The van der Waals surface area contributed by atoms with E-state index in [1.807, 2.05) is 40.1 Å². The smallest absolute Gasteiger partial charge is 0.324 e. The van der Waals surface area contributed by atoms with Crippen molar-refractivity contribution < 1.29 is 18.1 Å². The third-order valence-electron chi connectivity index (χ3n) is 6.11. The van der Waals surface area contributed by atoms with Gasteiger partial charge in [-0.2, -0.15) is 13.5 Å². The van der Waals surface area contributed by atoms with Crippen molar-refractivity contribution in [3.8, 4) is 0 Å². The molecule has 0 saturated carbocycles. The number of guanidine groups is 1. The standard InChI is InChI=1S/C24H22N6O5S2/c31-23(26-25-16-19-10-11-22(36-19)30(32)33)17-12-14-28(15-13-17)24-27-37(34,35)21-9-5-4-8-20(21)29(24)18-6-2-1-3-7-18/h1-11,16-17H,12-15H2,(H,26,31)/b25-16+. The van der Waals surface area contributed by atoms with E-state index in [9.17, 15) is 23.3 Å². The monoisotopic (exact) mass is 538 g/mol. The highest BCUT2D eigenvalue weighted by Crippen LogP contribution is 2.38. The SMILES string of the molecule is O=C(N/N=C/c1ccc([N+](=O)[O-])s1)C1CCN(C2=NS(=O)(=O)c3ccccc3N2c2ccccc2)CC1. The molecule has 37 heavy (non-hydrogen) atoms. The summed E-state index contributed by atoms with van der Waals surface area (Å²) >= 11 is 0.964. The molecule has 3 aromatic rings. The number of hydrazone groups is 1. The Hall–Kier alpha value is -4.10.